The van der Waals surface area contributed by atoms with Crippen LogP contribution in [-0.4, -0.2) is 35.1 Å². The second-order valence-electron chi connectivity index (χ2n) is 3.26. The van der Waals surface area contributed by atoms with Crippen molar-refractivity contribution in [1.82, 2.24) is 0 Å². The van der Waals surface area contributed by atoms with Crippen LogP contribution in [0.15, 0.2) is 0 Å². The van der Waals surface area contributed by atoms with Crippen LogP contribution in [0.25, 0.3) is 0 Å². The maximum absolute atomic E-state index is 9.23. The van der Waals surface area contributed by atoms with Crippen molar-refractivity contribution in [3.05, 3.63) is 0 Å². The summed E-state index contributed by atoms with van der Waals surface area (Å²) < 4.78 is 5.34. The molecule has 66 valence electrons. The summed E-state index contributed by atoms with van der Waals surface area (Å²) in [6.07, 6.45) is 1.54. The fourth-order valence-electron chi connectivity index (χ4n) is 1.40. The molecule has 1 aliphatic rings. The highest BCUT2D eigenvalue weighted by Gasteiger charge is 2.21. The summed E-state index contributed by atoms with van der Waals surface area (Å²) in [4.78, 5) is 0. The average Bonchev–Trinajstić information content (AvgIpc) is 1.85. The topological polar surface area (TPSA) is 49.7 Å². The molecule has 1 heterocycles. The van der Waals surface area contributed by atoms with Gasteiger partial charge in [-0.05, 0) is 26.2 Å². The first-order valence-corrected chi connectivity index (χ1v) is 4.16. The lowest BCUT2D eigenvalue weighted by atomic mass is 10.0. The molecular weight excluding hydrogens is 144 g/mol. The van der Waals surface area contributed by atoms with E-state index in [0.717, 1.165) is 6.42 Å². The molecule has 3 atom stereocenters. The van der Waals surface area contributed by atoms with Gasteiger partial charge in [0.15, 0.2) is 0 Å². The summed E-state index contributed by atoms with van der Waals surface area (Å²) in [6, 6.07) is 0. The van der Waals surface area contributed by atoms with Gasteiger partial charge in [0.25, 0.3) is 0 Å². The average molecular weight is 160 g/mol. The van der Waals surface area contributed by atoms with E-state index in [-0.39, 0.29) is 18.3 Å². The van der Waals surface area contributed by atoms with Crippen molar-refractivity contribution in [3.8, 4) is 0 Å². The lowest BCUT2D eigenvalue weighted by molar-refractivity contribution is -0.0592. The summed E-state index contributed by atoms with van der Waals surface area (Å²) in [7, 11) is 0. The van der Waals surface area contributed by atoms with Crippen LogP contribution in [0, 0.1) is 0 Å². The van der Waals surface area contributed by atoms with E-state index in [1.54, 1.807) is 6.92 Å². The van der Waals surface area contributed by atoms with E-state index in [2.05, 4.69) is 0 Å². The van der Waals surface area contributed by atoms with Gasteiger partial charge in [0.1, 0.15) is 0 Å². The number of rotatable bonds is 2. The summed E-state index contributed by atoms with van der Waals surface area (Å²) in [6.45, 7) is 2.36. The van der Waals surface area contributed by atoms with Crippen LogP contribution in [0.1, 0.15) is 26.2 Å². The van der Waals surface area contributed by atoms with Crippen LogP contribution in [0.4, 0.5) is 0 Å². The first kappa shape index (κ1) is 8.97. The Morgan fingerprint density at radius 3 is 2.91 bits per heavy atom. The molecule has 0 saturated carbocycles. The minimum atomic E-state index is -0.328. The Balaban J connectivity index is 2.23. The molecule has 1 saturated heterocycles. The van der Waals surface area contributed by atoms with Gasteiger partial charge in [-0.3, -0.25) is 0 Å². The van der Waals surface area contributed by atoms with Gasteiger partial charge in [0.05, 0.1) is 18.3 Å². The third-order valence-corrected chi connectivity index (χ3v) is 1.94. The van der Waals surface area contributed by atoms with Crippen LogP contribution in [-0.2, 0) is 4.74 Å². The van der Waals surface area contributed by atoms with Gasteiger partial charge in [-0.15, -0.1) is 0 Å². The molecule has 3 nitrogen and oxygen atoms in total. The molecule has 3 unspecified atom stereocenters. The molecule has 0 radical (unpaired) electrons. The van der Waals surface area contributed by atoms with Crippen LogP contribution in [0.2, 0.25) is 0 Å². The quantitative estimate of drug-likeness (QED) is 0.610. The van der Waals surface area contributed by atoms with E-state index >= 15 is 0 Å². The van der Waals surface area contributed by atoms with E-state index in [0.29, 0.717) is 19.4 Å². The number of hydrogen-bond donors (Lipinski definition) is 2. The molecule has 0 spiro atoms. The number of hydrogen-bond acceptors (Lipinski definition) is 3. The van der Waals surface area contributed by atoms with Crippen LogP contribution >= 0.6 is 0 Å². The van der Waals surface area contributed by atoms with E-state index in [1.807, 2.05) is 0 Å². The van der Waals surface area contributed by atoms with Gasteiger partial charge >= 0.3 is 0 Å². The molecule has 1 rings (SSSR count). The predicted molar refractivity (Wildman–Crippen MR) is 41.3 cm³/mol. The molecule has 0 aromatic heterocycles. The normalized spacial score (nSPS) is 35.2. The third kappa shape index (κ3) is 3.18. The fourth-order valence-corrected chi connectivity index (χ4v) is 1.40. The molecule has 0 aromatic carbocycles. The van der Waals surface area contributed by atoms with E-state index in [9.17, 15) is 5.11 Å². The minimum Gasteiger partial charge on any atom is -0.393 e. The highest BCUT2D eigenvalue weighted by molar-refractivity contribution is 4.71. The molecule has 3 heteroatoms. The zero-order valence-corrected chi connectivity index (χ0v) is 6.86. The monoisotopic (exact) mass is 160 g/mol. The lowest BCUT2D eigenvalue weighted by Crippen LogP contribution is -2.31. The highest BCUT2D eigenvalue weighted by Crippen LogP contribution is 2.17. The predicted octanol–water partition coefficient (Wildman–Crippen LogP) is 0.297. The largest absolute Gasteiger partial charge is 0.393 e. The van der Waals surface area contributed by atoms with Crippen LogP contribution in [0.5, 0.6) is 0 Å². The maximum Gasteiger partial charge on any atom is 0.0624 e. The molecule has 0 bridgehead atoms. The van der Waals surface area contributed by atoms with Gasteiger partial charge in [-0.25, -0.2) is 0 Å². The number of aliphatic hydroxyl groups is 2. The summed E-state index contributed by atoms with van der Waals surface area (Å²) in [5.41, 5.74) is 0. The van der Waals surface area contributed by atoms with E-state index < -0.39 is 0 Å². The van der Waals surface area contributed by atoms with Gasteiger partial charge in [-0.1, -0.05) is 0 Å². The standard InChI is InChI=1S/C8H16O3/c1-6(9)4-8-5-7(10)2-3-11-8/h6-10H,2-5H2,1H3. The van der Waals surface area contributed by atoms with Crippen molar-refractivity contribution in [2.75, 3.05) is 6.61 Å². The minimum absolute atomic E-state index is 0.0544. The molecule has 0 aromatic rings. The SMILES string of the molecule is CC(O)CC1CC(O)CCO1. The molecule has 1 aliphatic heterocycles. The molecular formula is C8H16O3. The van der Waals surface area contributed by atoms with Crippen LogP contribution in [0.3, 0.4) is 0 Å². The second kappa shape index (κ2) is 4.04. The van der Waals surface area contributed by atoms with Crippen molar-refractivity contribution in [3.63, 3.8) is 0 Å². The van der Waals surface area contributed by atoms with Gasteiger partial charge in [0.2, 0.25) is 0 Å². The van der Waals surface area contributed by atoms with Crippen LogP contribution < -0.4 is 0 Å². The smallest absolute Gasteiger partial charge is 0.0624 e. The summed E-state index contributed by atoms with van der Waals surface area (Å²) in [5.74, 6) is 0. The first-order chi connectivity index (χ1) is 5.18. The van der Waals surface area contributed by atoms with Crippen molar-refractivity contribution in [1.29, 1.82) is 0 Å². The first-order valence-electron chi connectivity index (χ1n) is 4.16. The van der Waals surface area contributed by atoms with Crippen molar-refractivity contribution >= 4 is 0 Å². The van der Waals surface area contributed by atoms with Gasteiger partial charge in [0, 0.05) is 6.61 Å². The third-order valence-electron chi connectivity index (χ3n) is 1.94. The Labute approximate surface area is 67.0 Å². The van der Waals surface area contributed by atoms with Gasteiger partial charge < -0.3 is 14.9 Å². The highest BCUT2D eigenvalue weighted by atomic mass is 16.5. The van der Waals surface area contributed by atoms with Crippen molar-refractivity contribution < 1.29 is 14.9 Å². The van der Waals surface area contributed by atoms with E-state index in [4.69, 9.17) is 9.84 Å². The molecule has 1 fully saturated rings. The molecule has 0 amide bonds. The Morgan fingerprint density at radius 2 is 2.36 bits per heavy atom. The zero-order valence-electron chi connectivity index (χ0n) is 6.86. The Morgan fingerprint density at radius 1 is 1.64 bits per heavy atom. The summed E-state index contributed by atoms with van der Waals surface area (Å²) >= 11 is 0. The number of aliphatic hydroxyl groups excluding tert-OH is 2. The Bertz CT molecular complexity index is 112. The van der Waals surface area contributed by atoms with Crippen molar-refractivity contribution in [2.45, 2.75) is 44.5 Å². The second-order valence-corrected chi connectivity index (χ2v) is 3.26. The Hall–Kier alpha value is -0.120. The molecule has 11 heavy (non-hydrogen) atoms. The van der Waals surface area contributed by atoms with E-state index in [1.165, 1.54) is 0 Å². The molecule has 2 N–H and O–H groups in total. The fraction of sp³-hybridized carbons (Fsp3) is 1.00. The maximum atomic E-state index is 9.23. The molecule has 0 aliphatic carbocycles. The zero-order chi connectivity index (χ0) is 8.27. The Kier molecular flexibility index (Phi) is 3.30. The van der Waals surface area contributed by atoms with Gasteiger partial charge in [-0.2, -0.15) is 0 Å². The summed E-state index contributed by atoms with van der Waals surface area (Å²) in [5, 5.41) is 18.3. The van der Waals surface area contributed by atoms with Crippen molar-refractivity contribution in [2.24, 2.45) is 0 Å². The number of ether oxygens (including phenoxy) is 1. The lowest BCUT2D eigenvalue weighted by Gasteiger charge is -2.27.